The van der Waals surface area contributed by atoms with E-state index in [9.17, 15) is 18.0 Å². The third-order valence-electron chi connectivity index (χ3n) is 6.22. The number of benzene rings is 2. The zero-order valence-corrected chi connectivity index (χ0v) is 19.6. The first-order valence-electron chi connectivity index (χ1n) is 11.3. The van der Waals surface area contributed by atoms with Gasteiger partial charge >= 0.3 is 6.18 Å². The monoisotopic (exact) mass is 492 g/mol. The van der Waals surface area contributed by atoms with Crippen LogP contribution in [0.15, 0.2) is 67.6 Å². The van der Waals surface area contributed by atoms with Gasteiger partial charge in [-0.1, -0.05) is 13.0 Å². The van der Waals surface area contributed by atoms with Crippen LogP contribution in [0, 0.1) is 6.92 Å². The van der Waals surface area contributed by atoms with E-state index in [4.69, 9.17) is 0 Å². The molecule has 5 rings (SSSR count). The van der Waals surface area contributed by atoms with Gasteiger partial charge in [-0.05, 0) is 54.3 Å². The van der Waals surface area contributed by atoms with Crippen LogP contribution in [0.5, 0.6) is 0 Å². The van der Waals surface area contributed by atoms with Crippen molar-refractivity contribution < 1.29 is 18.0 Å². The van der Waals surface area contributed by atoms with Crippen molar-refractivity contribution in [1.82, 2.24) is 19.5 Å². The molecule has 1 aliphatic heterocycles. The summed E-state index contributed by atoms with van der Waals surface area (Å²) in [6.45, 7) is 5.21. The quantitative estimate of drug-likeness (QED) is 0.415. The van der Waals surface area contributed by atoms with Crippen LogP contribution in [0.3, 0.4) is 0 Å². The molecule has 0 aliphatic carbocycles. The molecular weight excluding hydrogens is 469 g/mol. The summed E-state index contributed by atoms with van der Waals surface area (Å²) in [6, 6.07) is 8.87. The van der Waals surface area contributed by atoms with E-state index in [1.807, 2.05) is 6.07 Å². The molecule has 1 atom stereocenters. The average Bonchev–Trinajstić information content (AvgIpc) is 3.30. The number of rotatable bonds is 4. The lowest BCUT2D eigenvalue weighted by Gasteiger charge is -2.34. The number of nitrogens with one attached hydrogen (secondary N) is 1. The molecule has 1 amide bonds. The van der Waals surface area contributed by atoms with Crippen molar-refractivity contribution in [3.63, 3.8) is 0 Å². The lowest BCUT2D eigenvalue weighted by atomic mass is 9.89. The van der Waals surface area contributed by atoms with Crippen molar-refractivity contribution in [3.05, 3.63) is 95.6 Å². The van der Waals surface area contributed by atoms with Gasteiger partial charge in [0, 0.05) is 36.2 Å². The zero-order valence-electron chi connectivity index (χ0n) is 19.6. The van der Waals surface area contributed by atoms with E-state index in [0.717, 1.165) is 35.5 Å². The molecule has 3 heterocycles. The van der Waals surface area contributed by atoms with Crippen molar-refractivity contribution >= 4 is 17.3 Å². The molecule has 0 radical (unpaired) electrons. The van der Waals surface area contributed by atoms with E-state index in [0.29, 0.717) is 17.8 Å². The Morgan fingerprint density at radius 3 is 2.56 bits per heavy atom. The number of aromatic nitrogens is 4. The minimum absolute atomic E-state index is 0.0466. The highest BCUT2D eigenvalue weighted by molar-refractivity contribution is 6.04. The molecule has 0 saturated carbocycles. The van der Waals surface area contributed by atoms with Crippen LogP contribution < -0.4 is 10.2 Å². The number of hydrogen-bond acceptors (Lipinski definition) is 5. The third-order valence-corrected chi connectivity index (χ3v) is 6.22. The van der Waals surface area contributed by atoms with E-state index >= 15 is 0 Å². The maximum absolute atomic E-state index is 13.6. The highest BCUT2D eigenvalue weighted by Crippen LogP contribution is 2.34. The number of anilines is 2. The molecule has 1 N–H and O–H groups in total. The van der Waals surface area contributed by atoms with Crippen LogP contribution in [0.2, 0.25) is 0 Å². The Kier molecular flexibility index (Phi) is 5.95. The molecule has 36 heavy (non-hydrogen) atoms. The van der Waals surface area contributed by atoms with Gasteiger partial charge in [-0.25, -0.2) is 15.0 Å². The molecule has 2 aromatic heterocycles. The van der Waals surface area contributed by atoms with E-state index < -0.39 is 17.6 Å². The Balaban J connectivity index is 1.43. The summed E-state index contributed by atoms with van der Waals surface area (Å²) in [7, 11) is 0. The molecule has 1 aliphatic rings. The average molecular weight is 493 g/mol. The van der Waals surface area contributed by atoms with Crippen LogP contribution in [0.1, 0.15) is 45.6 Å². The normalized spacial score (nSPS) is 15.5. The van der Waals surface area contributed by atoms with E-state index in [1.165, 1.54) is 23.3 Å². The van der Waals surface area contributed by atoms with Crippen LogP contribution in [-0.4, -0.2) is 32.0 Å². The second-order valence-electron chi connectivity index (χ2n) is 8.93. The first-order chi connectivity index (χ1) is 17.2. The molecule has 0 bridgehead atoms. The number of amides is 1. The Hall–Kier alpha value is -4.21. The number of hydrogen-bond donors (Lipinski definition) is 1. The maximum Gasteiger partial charge on any atom is 0.416 e. The number of halogens is 3. The van der Waals surface area contributed by atoms with E-state index in [1.54, 1.807) is 37.6 Å². The van der Waals surface area contributed by atoms with Crippen LogP contribution in [-0.2, 0) is 12.7 Å². The zero-order chi connectivity index (χ0) is 25.4. The summed E-state index contributed by atoms with van der Waals surface area (Å²) >= 11 is 0. The SMILES string of the molecule is Cc1cn(-c2cc(NC(=O)c3ccc4c(c3)CN(c3cncnc3)C[C@H]4C)cc(C(F)(F)F)c2)cn1. The molecule has 4 aromatic rings. The van der Waals surface area contributed by atoms with Gasteiger partial charge in [0.2, 0.25) is 0 Å². The third kappa shape index (κ3) is 4.79. The topological polar surface area (TPSA) is 75.9 Å². The fraction of sp³-hybridized carbons (Fsp3) is 0.231. The van der Waals surface area contributed by atoms with Gasteiger partial charge in [0.15, 0.2) is 0 Å². The predicted octanol–water partition coefficient (Wildman–Crippen LogP) is 5.37. The van der Waals surface area contributed by atoms with Crippen LogP contribution in [0.25, 0.3) is 5.69 Å². The van der Waals surface area contributed by atoms with E-state index in [-0.39, 0.29) is 17.3 Å². The highest BCUT2D eigenvalue weighted by Gasteiger charge is 2.32. The molecule has 0 spiro atoms. The number of carbonyl (C=O) groups excluding carboxylic acids is 1. The van der Waals surface area contributed by atoms with Crippen LogP contribution >= 0.6 is 0 Å². The van der Waals surface area contributed by atoms with Crippen molar-refractivity contribution in [3.8, 4) is 5.69 Å². The molecule has 10 heteroatoms. The number of aryl methyl sites for hydroxylation is 1. The molecule has 0 saturated heterocycles. The lowest BCUT2D eigenvalue weighted by Crippen LogP contribution is -2.33. The van der Waals surface area contributed by atoms with Gasteiger partial charge in [-0.2, -0.15) is 13.2 Å². The Labute approximate surface area is 205 Å². The van der Waals surface area contributed by atoms with Crippen molar-refractivity contribution in [1.29, 1.82) is 0 Å². The summed E-state index contributed by atoms with van der Waals surface area (Å²) in [5.74, 6) is -0.270. The predicted molar refractivity (Wildman–Crippen MR) is 129 cm³/mol. The molecule has 2 aromatic carbocycles. The van der Waals surface area contributed by atoms with Gasteiger partial charge in [-0.15, -0.1) is 0 Å². The number of alkyl halides is 3. The highest BCUT2D eigenvalue weighted by atomic mass is 19.4. The molecular formula is C26H23F3N6O. The standard InChI is InChI=1S/C26H23F3N6O/c1-16-11-34(23-9-30-14-31-10-23)13-19-5-18(3-4-24(16)19)25(36)33-21-6-20(26(27,28)29)7-22(8-21)35-12-17(2)32-15-35/h3-10,12,14-16H,11,13H2,1-2H3,(H,33,36)/t16-/m1/s1. The second kappa shape index (κ2) is 9.10. The fourth-order valence-electron chi connectivity index (χ4n) is 4.48. The molecule has 7 nitrogen and oxygen atoms in total. The number of imidazole rings is 1. The molecule has 0 fully saturated rings. The number of carbonyl (C=O) groups is 1. The van der Waals surface area contributed by atoms with Crippen molar-refractivity contribution in [2.24, 2.45) is 0 Å². The Morgan fingerprint density at radius 1 is 1.08 bits per heavy atom. The second-order valence-corrected chi connectivity index (χ2v) is 8.93. The van der Waals surface area contributed by atoms with Crippen molar-refractivity contribution in [2.75, 3.05) is 16.8 Å². The summed E-state index contributed by atoms with van der Waals surface area (Å²) < 4.78 is 42.2. The van der Waals surface area contributed by atoms with Gasteiger partial charge in [-0.3, -0.25) is 4.79 Å². The Bertz CT molecular complexity index is 1420. The smallest absolute Gasteiger partial charge is 0.364 e. The fourth-order valence-corrected chi connectivity index (χ4v) is 4.48. The minimum Gasteiger partial charge on any atom is -0.364 e. The number of nitrogens with zero attached hydrogens (tertiary/aromatic N) is 5. The molecule has 0 unspecified atom stereocenters. The maximum atomic E-state index is 13.6. The van der Waals surface area contributed by atoms with Crippen molar-refractivity contribution in [2.45, 2.75) is 32.5 Å². The molecule has 184 valence electrons. The van der Waals surface area contributed by atoms with Crippen LogP contribution in [0.4, 0.5) is 24.5 Å². The Morgan fingerprint density at radius 2 is 1.86 bits per heavy atom. The first-order valence-corrected chi connectivity index (χ1v) is 11.3. The van der Waals surface area contributed by atoms with Gasteiger partial charge in [0.1, 0.15) is 6.33 Å². The largest absolute Gasteiger partial charge is 0.416 e. The minimum atomic E-state index is -4.57. The van der Waals surface area contributed by atoms with Gasteiger partial charge < -0.3 is 14.8 Å². The van der Waals surface area contributed by atoms with Gasteiger partial charge in [0.25, 0.3) is 5.91 Å². The lowest BCUT2D eigenvalue weighted by molar-refractivity contribution is -0.137. The summed E-state index contributed by atoms with van der Waals surface area (Å²) in [6.07, 6.45) is 3.44. The first kappa shape index (κ1) is 23.5. The van der Waals surface area contributed by atoms with E-state index in [2.05, 4.69) is 32.1 Å². The summed E-state index contributed by atoms with van der Waals surface area (Å²) in [4.78, 5) is 27.5. The summed E-state index contributed by atoms with van der Waals surface area (Å²) in [5, 5.41) is 2.64. The number of fused-ring (bicyclic) bond motifs is 1. The summed E-state index contributed by atoms with van der Waals surface area (Å²) in [5.41, 5.74) is 3.46. The van der Waals surface area contributed by atoms with Gasteiger partial charge in [0.05, 0.1) is 35.7 Å².